The molecule has 0 amide bonds. The highest BCUT2D eigenvalue weighted by atomic mass is 35.5. The number of nitrogen functional groups attached to an aromatic ring is 1. The van der Waals surface area contributed by atoms with Crippen molar-refractivity contribution in [2.24, 2.45) is 11.3 Å². The van der Waals surface area contributed by atoms with E-state index in [1.807, 2.05) is 18.2 Å². The van der Waals surface area contributed by atoms with Crippen LogP contribution in [0.15, 0.2) is 18.2 Å². The fourth-order valence-corrected chi connectivity index (χ4v) is 3.60. The van der Waals surface area contributed by atoms with Gasteiger partial charge in [-0.25, -0.2) is 0 Å². The molecule has 3 heteroatoms. The molecule has 0 heterocycles. The number of rotatable bonds is 5. The van der Waals surface area contributed by atoms with Crippen molar-refractivity contribution in [3.8, 4) is 0 Å². The Morgan fingerprint density at radius 2 is 2.00 bits per heavy atom. The summed E-state index contributed by atoms with van der Waals surface area (Å²) in [7, 11) is 0. The molecule has 0 bridgehead atoms. The van der Waals surface area contributed by atoms with Gasteiger partial charge in [0.25, 0.3) is 0 Å². The average Bonchev–Trinajstić information content (AvgIpc) is 2.76. The molecule has 1 aliphatic carbocycles. The van der Waals surface area contributed by atoms with E-state index < -0.39 is 0 Å². The maximum absolute atomic E-state index is 6.00. The van der Waals surface area contributed by atoms with Gasteiger partial charge in [-0.3, -0.25) is 0 Å². The maximum atomic E-state index is 6.00. The van der Waals surface area contributed by atoms with E-state index in [0.717, 1.165) is 23.8 Å². The van der Waals surface area contributed by atoms with E-state index in [9.17, 15) is 0 Å². The molecule has 0 aromatic heterocycles. The Morgan fingerprint density at radius 1 is 1.32 bits per heavy atom. The maximum Gasteiger partial charge on any atom is 0.0575 e. The summed E-state index contributed by atoms with van der Waals surface area (Å²) in [5, 5.41) is 4.24. The molecule has 1 saturated carbocycles. The molecular weight excluding hydrogens is 256 g/mol. The van der Waals surface area contributed by atoms with Gasteiger partial charge in [-0.2, -0.15) is 0 Å². The Balaban J connectivity index is 2.02. The van der Waals surface area contributed by atoms with Crippen LogP contribution in [0.1, 0.15) is 46.0 Å². The third-order valence-corrected chi connectivity index (χ3v) is 4.41. The van der Waals surface area contributed by atoms with Gasteiger partial charge in [-0.1, -0.05) is 38.3 Å². The summed E-state index contributed by atoms with van der Waals surface area (Å²) in [5.74, 6) is 0.752. The van der Waals surface area contributed by atoms with Crippen LogP contribution in [-0.4, -0.2) is 6.54 Å². The van der Waals surface area contributed by atoms with Crippen molar-refractivity contribution < 1.29 is 0 Å². The van der Waals surface area contributed by atoms with Gasteiger partial charge in [0.2, 0.25) is 0 Å². The van der Waals surface area contributed by atoms with E-state index in [0.29, 0.717) is 10.4 Å². The molecule has 0 radical (unpaired) electrons. The Labute approximate surface area is 121 Å². The Hall–Kier alpha value is -0.890. The van der Waals surface area contributed by atoms with Gasteiger partial charge in [-0.05, 0) is 48.8 Å². The Bertz CT molecular complexity index is 423. The number of hydrogen-bond donors (Lipinski definition) is 2. The summed E-state index contributed by atoms with van der Waals surface area (Å²) in [5.41, 5.74) is 8.22. The number of hydrogen-bond acceptors (Lipinski definition) is 2. The molecule has 19 heavy (non-hydrogen) atoms. The van der Waals surface area contributed by atoms with E-state index in [2.05, 4.69) is 19.2 Å². The summed E-state index contributed by atoms with van der Waals surface area (Å²) >= 11 is 5.93. The zero-order chi connectivity index (χ0) is 13.9. The minimum absolute atomic E-state index is 0.459. The summed E-state index contributed by atoms with van der Waals surface area (Å²) in [6, 6.07) is 5.69. The smallest absolute Gasteiger partial charge is 0.0575 e. The van der Waals surface area contributed by atoms with Gasteiger partial charge in [0.1, 0.15) is 0 Å². The summed E-state index contributed by atoms with van der Waals surface area (Å²) in [6.07, 6.45) is 6.71. The Morgan fingerprint density at radius 3 is 2.58 bits per heavy atom. The zero-order valence-electron chi connectivity index (χ0n) is 12.0. The zero-order valence-corrected chi connectivity index (χ0v) is 12.8. The van der Waals surface area contributed by atoms with Crippen LogP contribution in [0.4, 0.5) is 11.4 Å². The first kappa shape index (κ1) is 14.5. The van der Waals surface area contributed by atoms with E-state index in [4.69, 9.17) is 17.3 Å². The highest BCUT2D eigenvalue weighted by Gasteiger charge is 2.34. The lowest BCUT2D eigenvalue weighted by atomic mass is 9.78. The lowest BCUT2D eigenvalue weighted by Crippen LogP contribution is -2.28. The second-order valence-electron chi connectivity index (χ2n) is 6.39. The predicted molar refractivity (Wildman–Crippen MR) is 84.7 cm³/mol. The van der Waals surface area contributed by atoms with Crippen LogP contribution in [0.2, 0.25) is 5.02 Å². The van der Waals surface area contributed by atoms with Gasteiger partial charge >= 0.3 is 0 Å². The SMILES string of the molecule is CC(C)CC1(CNc2ccc(Cl)cc2N)CCCC1. The molecule has 3 N–H and O–H groups in total. The van der Waals surface area contributed by atoms with Crippen molar-refractivity contribution in [2.45, 2.75) is 46.0 Å². The van der Waals surface area contributed by atoms with Crippen LogP contribution in [0.5, 0.6) is 0 Å². The van der Waals surface area contributed by atoms with Gasteiger partial charge in [-0.15, -0.1) is 0 Å². The second kappa shape index (κ2) is 6.04. The standard InChI is InChI=1S/C16H25ClN2/c1-12(2)10-16(7-3-4-8-16)11-19-15-6-5-13(17)9-14(15)18/h5-6,9,12,19H,3-4,7-8,10-11,18H2,1-2H3. The molecule has 1 aliphatic rings. The molecule has 0 atom stereocenters. The third kappa shape index (κ3) is 3.79. The second-order valence-corrected chi connectivity index (χ2v) is 6.83. The number of anilines is 2. The summed E-state index contributed by atoms with van der Waals surface area (Å²) in [4.78, 5) is 0. The molecule has 1 aromatic carbocycles. The van der Waals surface area contributed by atoms with Crippen LogP contribution in [0, 0.1) is 11.3 Å². The van der Waals surface area contributed by atoms with Crippen molar-refractivity contribution in [2.75, 3.05) is 17.6 Å². The monoisotopic (exact) mass is 280 g/mol. The first-order valence-corrected chi connectivity index (χ1v) is 7.67. The average molecular weight is 281 g/mol. The molecule has 106 valence electrons. The van der Waals surface area contributed by atoms with Crippen LogP contribution < -0.4 is 11.1 Å². The quantitative estimate of drug-likeness (QED) is 0.750. The van der Waals surface area contributed by atoms with Crippen molar-refractivity contribution >= 4 is 23.0 Å². The minimum atomic E-state index is 0.459. The molecular formula is C16H25ClN2. The largest absolute Gasteiger partial charge is 0.397 e. The Kier molecular flexibility index (Phi) is 4.62. The highest BCUT2D eigenvalue weighted by Crippen LogP contribution is 2.43. The van der Waals surface area contributed by atoms with Crippen LogP contribution in [-0.2, 0) is 0 Å². The van der Waals surface area contributed by atoms with E-state index in [-0.39, 0.29) is 0 Å². The molecule has 1 fully saturated rings. The van der Waals surface area contributed by atoms with Crippen molar-refractivity contribution in [1.29, 1.82) is 0 Å². The summed E-state index contributed by atoms with van der Waals surface area (Å²) in [6.45, 7) is 5.66. The molecule has 0 aliphatic heterocycles. The van der Waals surface area contributed by atoms with Crippen molar-refractivity contribution in [3.63, 3.8) is 0 Å². The third-order valence-electron chi connectivity index (χ3n) is 4.17. The predicted octanol–water partition coefficient (Wildman–Crippen LogP) is 4.94. The topological polar surface area (TPSA) is 38.0 Å². The first-order chi connectivity index (χ1) is 9.01. The fraction of sp³-hybridized carbons (Fsp3) is 0.625. The van der Waals surface area contributed by atoms with Crippen LogP contribution in [0.25, 0.3) is 0 Å². The normalized spacial score (nSPS) is 17.9. The van der Waals surface area contributed by atoms with E-state index >= 15 is 0 Å². The lowest BCUT2D eigenvalue weighted by Gasteiger charge is -2.31. The summed E-state index contributed by atoms with van der Waals surface area (Å²) < 4.78 is 0. The molecule has 0 saturated heterocycles. The molecule has 0 unspecified atom stereocenters. The minimum Gasteiger partial charge on any atom is -0.397 e. The van der Waals surface area contributed by atoms with E-state index in [1.54, 1.807) is 0 Å². The van der Waals surface area contributed by atoms with Crippen LogP contribution >= 0.6 is 11.6 Å². The fourth-order valence-electron chi connectivity index (χ4n) is 3.42. The molecule has 1 aromatic rings. The van der Waals surface area contributed by atoms with Gasteiger partial charge in [0.15, 0.2) is 0 Å². The van der Waals surface area contributed by atoms with E-state index in [1.165, 1.54) is 32.1 Å². The molecule has 0 spiro atoms. The number of halogens is 1. The number of nitrogens with two attached hydrogens (primary N) is 1. The van der Waals surface area contributed by atoms with Crippen LogP contribution in [0.3, 0.4) is 0 Å². The van der Waals surface area contributed by atoms with Gasteiger partial charge in [0.05, 0.1) is 11.4 Å². The molecule has 2 nitrogen and oxygen atoms in total. The van der Waals surface area contributed by atoms with Crippen molar-refractivity contribution in [3.05, 3.63) is 23.2 Å². The molecule has 2 rings (SSSR count). The van der Waals surface area contributed by atoms with Gasteiger partial charge in [0, 0.05) is 11.6 Å². The number of benzene rings is 1. The first-order valence-electron chi connectivity index (χ1n) is 7.30. The number of nitrogens with one attached hydrogen (secondary N) is 1. The van der Waals surface area contributed by atoms with Gasteiger partial charge < -0.3 is 11.1 Å². The lowest BCUT2D eigenvalue weighted by molar-refractivity contribution is 0.252. The van der Waals surface area contributed by atoms with Crippen molar-refractivity contribution in [1.82, 2.24) is 0 Å². The highest BCUT2D eigenvalue weighted by molar-refractivity contribution is 6.31.